The lowest BCUT2D eigenvalue weighted by atomic mass is 10.2. The fraction of sp³-hybridized carbons (Fsp3) is 0.529. The molecule has 2 aromatic rings. The van der Waals surface area contributed by atoms with E-state index in [-0.39, 0.29) is 11.7 Å². The molecule has 9 nitrogen and oxygen atoms in total. The van der Waals surface area contributed by atoms with Crippen LogP contribution in [0.5, 0.6) is 0 Å². The Morgan fingerprint density at radius 1 is 1.04 bits per heavy atom. The second-order valence-electron chi connectivity index (χ2n) is 6.42. The lowest BCUT2D eigenvalue weighted by Crippen LogP contribution is -2.49. The van der Waals surface area contributed by atoms with Crippen molar-refractivity contribution in [2.24, 2.45) is 0 Å². The number of anilines is 2. The Morgan fingerprint density at radius 2 is 1.81 bits per heavy atom. The molecule has 0 atom stereocenters. The first-order valence-corrected chi connectivity index (χ1v) is 8.84. The van der Waals surface area contributed by atoms with E-state index in [1.165, 1.54) is 6.20 Å². The second kappa shape index (κ2) is 7.28. The van der Waals surface area contributed by atoms with E-state index in [0.717, 1.165) is 43.6 Å². The van der Waals surface area contributed by atoms with Crippen LogP contribution in [0.2, 0.25) is 0 Å². The van der Waals surface area contributed by atoms with E-state index in [4.69, 9.17) is 14.2 Å². The fourth-order valence-corrected chi connectivity index (χ4v) is 3.22. The van der Waals surface area contributed by atoms with Crippen molar-refractivity contribution in [2.45, 2.75) is 6.92 Å². The Kier molecular flexibility index (Phi) is 4.70. The molecule has 0 aliphatic carbocycles. The standard InChI is InChI=1S/C17H22N6O3/c1-13-12-15(20-17(19-13)23-8-10-25-11-9-23)21-4-6-22(7-5-21)16(24)14-2-3-18-26-14/h2-3,12H,4-11H2,1H3. The van der Waals surface area contributed by atoms with E-state index >= 15 is 0 Å². The lowest BCUT2D eigenvalue weighted by Gasteiger charge is -2.35. The first-order valence-electron chi connectivity index (χ1n) is 8.84. The zero-order valence-electron chi connectivity index (χ0n) is 14.8. The summed E-state index contributed by atoms with van der Waals surface area (Å²) in [6.45, 7) is 7.69. The normalized spacial score (nSPS) is 18.3. The number of rotatable bonds is 3. The highest BCUT2D eigenvalue weighted by molar-refractivity contribution is 5.91. The number of ether oxygens (including phenoxy) is 1. The first-order chi connectivity index (χ1) is 12.7. The van der Waals surface area contributed by atoms with Gasteiger partial charge >= 0.3 is 0 Å². The van der Waals surface area contributed by atoms with Crippen molar-refractivity contribution in [1.29, 1.82) is 0 Å². The van der Waals surface area contributed by atoms with E-state index in [9.17, 15) is 4.79 Å². The number of aryl methyl sites for hydroxylation is 1. The quantitative estimate of drug-likeness (QED) is 0.787. The van der Waals surface area contributed by atoms with Crippen molar-refractivity contribution >= 4 is 17.7 Å². The highest BCUT2D eigenvalue weighted by Gasteiger charge is 2.25. The SMILES string of the molecule is Cc1cc(N2CCN(C(=O)c3ccno3)CC2)nc(N2CCOCC2)n1. The molecule has 1 amide bonds. The van der Waals surface area contributed by atoms with Gasteiger partial charge in [-0.05, 0) is 6.92 Å². The molecule has 0 saturated carbocycles. The maximum absolute atomic E-state index is 12.3. The molecule has 0 bridgehead atoms. The minimum Gasteiger partial charge on any atom is -0.378 e. The van der Waals surface area contributed by atoms with Gasteiger partial charge in [0.2, 0.25) is 11.7 Å². The van der Waals surface area contributed by atoms with Crippen LogP contribution in [-0.4, -0.2) is 78.4 Å². The largest absolute Gasteiger partial charge is 0.378 e. The summed E-state index contributed by atoms with van der Waals surface area (Å²) in [5.41, 5.74) is 0.941. The summed E-state index contributed by atoms with van der Waals surface area (Å²) in [6, 6.07) is 3.59. The molecule has 0 aromatic carbocycles. The highest BCUT2D eigenvalue weighted by Crippen LogP contribution is 2.20. The van der Waals surface area contributed by atoms with Crippen molar-refractivity contribution in [1.82, 2.24) is 20.0 Å². The Morgan fingerprint density at radius 3 is 2.50 bits per heavy atom. The van der Waals surface area contributed by atoms with Gasteiger partial charge in [0.15, 0.2) is 0 Å². The van der Waals surface area contributed by atoms with Gasteiger partial charge in [-0.3, -0.25) is 4.79 Å². The van der Waals surface area contributed by atoms with Crippen LogP contribution in [0.1, 0.15) is 16.2 Å². The van der Waals surface area contributed by atoms with E-state index < -0.39 is 0 Å². The third kappa shape index (κ3) is 3.48. The van der Waals surface area contributed by atoms with E-state index in [1.54, 1.807) is 11.0 Å². The minimum absolute atomic E-state index is 0.116. The molecule has 4 heterocycles. The molecular formula is C17H22N6O3. The predicted molar refractivity (Wildman–Crippen MR) is 94.4 cm³/mol. The molecule has 0 radical (unpaired) electrons. The summed E-state index contributed by atoms with van der Waals surface area (Å²) in [5, 5.41) is 3.60. The smallest absolute Gasteiger partial charge is 0.292 e. The number of hydrogen-bond donors (Lipinski definition) is 0. The summed E-state index contributed by atoms with van der Waals surface area (Å²) >= 11 is 0. The summed E-state index contributed by atoms with van der Waals surface area (Å²) in [4.78, 5) is 27.8. The van der Waals surface area contributed by atoms with Gasteiger partial charge < -0.3 is 24.0 Å². The van der Waals surface area contributed by atoms with Gasteiger partial charge in [0.05, 0.1) is 19.4 Å². The molecule has 4 rings (SSSR count). The number of aromatic nitrogens is 3. The molecule has 9 heteroatoms. The average molecular weight is 358 g/mol. The predicted octanol–water partition coefficient (Wildman–Crippen LogP) is 0.572. The van der Waals surface area contributed by atoms with Crippen LogP contribution in [0.15, 0.2) is 22.9 Å². The first kappa shape index (κ1) is 16.8. The zero-order chi connectivity index (χ0) is 17.9. The van der Waals surface area contributed by atoms with Crippen molar-refractivity contribution in [3.05, 3.63) is 29.8 Å². The van der Waals surface area contributed by atoms with Crippen LogP contribution in [0.3, 0.4) is 0 Å². The van der Waals surface area contributed by atoms with E-state index in [0.29, 0.717) is 26.3 Å². The summed E-state index contributed by atoms with van der Waals surface area (Å²) in [7, 11) is 0. The number of carbonyl (C=O) groups excluding carboxylic acids is 1. The zero-order valence-corrected chi connectivity index (χ0v) is 14.8. The van der Waals surface area contributed by atoms with Gasteiger partial charge in [0, 0.05) is 57.1 Å². The molecule has 2 aliphatic rings. The molecule has 2 aliphatic heterocycles. The number of carbonyl (C=O) groups is 1. The summed E-state index contributed by atoms with van der Waals surface area (Å²) in [5.74, 6) is 1.83. The summed E-state index contributed by atoms with van der Waals surface area (Å²) in [6.07, 6.45) is 1.49. The van der Waals surface area contributed by atoms with Crippen LogP contribution in [0.4, 0.5) is 11.8 Å². The minimum atomic E-state index is -0.116. The van der Waals surface area contributed by atoms with Crippen molar-refractivity contribution in [3.8, 4) is 0 Å². The second-order valence-corrected chi connectivity index (χ2v) is 6.42. The molecule has 0 spiro atoms. The van der Waals surface area contributed by atoms with Crippen molar-refractivity contribution in [3.63, 3.8) is 0 Å². The number of morpholine rings is 1. The molecule has 0 N–H and O–H groups in total. The van der Waals surface area contributed by atoms with Crippen LogP contribution in [0, 0.1) is 6.92 Å². The molecule has 0 unspecified atom stereocenters. The number of nitrogens with zero attached hydrogens (tertiary/aromatic N) is 6. The van der Waals surface area contributed by atoms with Crippen LogP contribution < -0.4 is 9.80 Å². The van der Waals surface area contributed by atoms with Crippen LogP contribution in [-0.2, 0) is 4.74 Å². The van der Waals surface area contributed by atoms with Crippen molar-refractivity contribution < 1.29 is 14.1 Å². The van der Waals surface area contributed by atoms with Gasteiger partial charge in [-0.25, -0.2) is 4.98 Å². The Bertz CT molecular complexity index is 752. The molecular weight excluding hydrogens is 336 g/mol. The number of piperazine rings is 1. The van der Waals surface area contributed by atoms with Crippen molar-refractivity contribution in [2.75, 3.05) is 62.3 Å². The molecule has 2 aromatic heterocycles. The van der Waals surface area contributed by atoms with Gasteiger partial charge in [0.1, 0.15) is 5.82 Å². The maximum Gasteiger partial charge on any atom is 0.292 e. The van der Waals surface area contributed by atoms with E-state index in [1.807, 2.05) is 13.0 Å². The highest BCUT2D eigenvalue weighted by atomic mass is 16.5. The number of amides is 1. The number of hydrogen-bond acceptors (Lipinski definition) is 8. The van der Waals surface area contributed by atoms with Crippen LogP contribution in [0.25, 0.3) is 0 Å². The molecule has 26 heavy (non-hydrogen) atoms. The third-order valence-corrected chi connectivity index (χ3v) is 4.66. The van der Waals surface area contributed by atoms with Gasteiger partial charge in [-0.2, -0.15) is 4.98 Å². The lowest BCUT2D eigenvalue weighted by molar-refractivity contribution is 0.0704. The third-order valence-electron chi connectivity index (χ3n) is 4.66. The van der Waals surface area contributed by atoms with Crippen LogP contribution >= 0.6 is 0 Å². The Balaban J connectivity index is 1.44. The average Bonchev–Trinajstić information content (AvgIpc) is 3.22. The molecule has 138 valence electrons. The Labute approximate surface area is 151 Å². The molecule has 2 saturated heterocycles. The van der Waals surface area contributed by atoms with Gasteiger partial charge in [0.25, 0.3) is 5.91 Å². The Hall–Kier alpha value is -2.68. The fourth-order valence-electron chi connectivity index (χ4n) is 3.22. The monoisotopic (exact) mass is 358 g/mol. The topological polar surface area (TPSA) is 87.8 Å². The maximum atomic E-state index is 12.3. The summed E-state index contributed by atoms with van der Waals surface area (Å²) < 4.78 is 10.4. The van der Waals surface area contributed by atoms with Gasteiger partial charge in [-0.1, -0.05) is 5.16 Å². The molecule has 2 fully saturated rings. The van der Waals surface area contributed by atoms with Gasteiger partial charge in [-0.15, -0.1) is 0 Å². The van der Waals surface area contributed by atoms with E-state index in [2.05, 4.69) is 19.9 Å².